The molecule has 1 aliphatic carbocycles. The van der Waals surface area contributed by atoms with Gasteiger partial charge in [-0.05, 0) is 40.3 Å². The number of hydrogen-bond donors (Lipinski definition) is 2. The molecule has 132 valence electrons. The molecule has 2 aromatic carbocycles. The number of aryl methyl sites for hydroxylation is 1. The smallest absolute Gasteiger partial charge is 0.251 e. The highest BCUT2D eigenvalue weighted by Crippen LogP contribution is 2.44. The Balaban J connectivity index is 0.00000182. The summed E-state index contributed by atoms with van der Waals surface area (Å²) in [5, 5.41) is 3.39. The van der Waals surface area contributed by atoms with Crippen molar-refractivity contribution in [1.29, 1.82) is 0 Å². The van der Waals surface area contributed by atoms with Crippen molar-refractivity contribution in [2.45, 2.75) is 19.8 Å². The third kappa shape index (κ3) is 2.90. The zero-order valence-electron chi connectivity index (χ0n) is 14.5. The van der Waals surface area contributed by atoms with Crippen LogP contribution in [-0.4, -0.2) is 32.1 Å². The molecule has 4 rings (SSSR count). The minimum atomic E-state index is -0.306. The molecule has 0 saturated carbocycles. The van der Waals surface area contributed by atoms with E-state index in [4.69, 9.17) is 5.73 Å². The lowest BCUT2D eigenvalue weighted by atomic mass is 9.92. The second-order valence-corrected chi connectivity index (χ2v) is 6.57. The molecule has 1 fully saturated rings. The van der Waals surface area contributed by atoms with E-state index in [0.717, 1.165) is 55.8 Å². The maximum Gasteiger partial charge on any atom is 0.251 e. The predicted molar refractivity (Wildman–Crippen MR) is 105 cm³/mol. The van der Waals surface area contributed by atoms with Crippen molar-refractivity contribution in [3.05, 3.63) is 52.6 Å². The average molecular weight is 358 g/mol. The first-order valence-electron chi connectivity index (χ1n) is 8.73. The number of nitrogens with one attached hydrogen (secondary N) is 1. The molecule has 3 N–H and O–H groups in total. The van der Waals surface area contributed by atoms with Crippen molar-refractivity contribution in [3.63, 3.8) is 0 Å². The van der Waals surface area contributed by atoms with E-state index in [2.05, 4.69) is 47.5 Å². The zero-order chi connectivity index (χ0) is 16.7. The molecule has 1 aliphatic heterocycles. The van der Waals surface area contributed by atoms with Crippen molar-refractivity contribution in [2.75, 3.05) is 31.1 Å². The average Bonchev–Trinajstić information content (AvgIpc) is 2.99. The molecule has 2 aliphatic rings. The largest absolute Gasteiger partial charge is 0.368 e. The fourth-order valence-corrected chi connectivity index (χ4v) is 4.10. The number of benzene rings is 2. The van der Waals surface area contributed by atoms with Crippen LogP contribution in [0, 0.1) is 0 Å². The van der Waals surface area contributed by atoms with Gasteiger partial charge < -0.3 is 16.0 Å². The standard InChI is InChI=1S/C20H23N3O.ClH/c1-2-13-11-16-15-6-4-3-5-14(15)12-17(16)19(18(13)20(21)24)23-9-7-22-8-10-23;/h3-6,11,22H,2,7-10,12H2,1H3,(H2,21,24);1H. The Bertz CT molecular complexity index is 813. The molecular formula is C20H24ClN3O. The van der Waals surface area contributed by atoms with Gasteiger partial charge in [-0.3, -0.25) is 4.79 Å². The van der Waals surface area contributed by atoms with Crippen LogP contribution in [0.1, 0.15) is 34.0 Å². The monoisotopic (exact) mass is 357 g/mol. The summed E-state index contributed by atoms with van der Waals surface area (Å²) in [5.74, 6) is -0.306. The summed E-state index contributed by atoms with van der Waals surface area (Å²) in [5.41, 5.74) is 13.9. The summed E-state index contributed by atoms with van der Waals surface area (Å²) in [4.78, 5) is 14.6. The van der Waals surface area contributed by atoms with E-state index in [1.807, 2.05) is 0 Å². The number of anilines is 1. The van der Waals surface area contributed by atoms with E-state index >= 15 is 0 Å². The van der Waals surface area contributed by atoms with Gasteiger partial charge in [-0.2, -0.15) is 0 Å². The molecular weight excluding hydrogens is 334 g/mol. The fraction of sp³-hybridized carbons (Fsp3) is 0.350. The number of primary amides is 1. The van der Waals surface area contributed by atoms with Crippen molar-refractivity contribution < 1.29 is 4.79 Å². The molecule has 0 aromatic heterocycles. The predicted octanol–water partition coefficient (Wildman–Crippen LogP) is 2.75. The van der Waals surface area contributed by atoms with Crippen LogP contribution in [0.3, 0.4) is 0 Å². The number of fused-ring (bicyclic) bond motifs is 3. The Morgan fingerprint density at radius 3 is 2.60 bits per heavy atom. The molecule has 25 heavy (non-hydrogen) atoms. The number of piperazine rings is 1. The zero-order valence-corrected chi connectivity index (χ0v) is 15.3. The third-order valence-corrected chi connectivity index (χ3v) is 5.22. The van der Waals surface area contributed by atoms with Gasteiger partial charge >= 0.3 is 0 Å². The first-order chi connectivity index (χ1) is 11.7. The minimum Gasteiger partial charge on any atom is -0.368 e. The van der Waals surface area contributed by atoms with E-state index < -0.39 is 0 Å². The van der Waals surface area contributed by atoms with Crippen LogP contribution in [0.25, 0.3) is 11.1 Å². The molecule has 1 saturated heterocycles. The molecule has 4 nitrogen and oxygen atoms in total. The lowest BCUT2D eigenvalue weighted by molar-refractivity contribution is 0.1000. The van der Waals surface area contributed by atoms with Crippen LogP contribution >= 0.6 is 12.4 Å². The molecule has 0 unspecified atom stereocenters. The number of rotatable bonds is 3. The normalized spacial score (nSPS) is 15.3. The Hall–Kier alpha value is -2.04. The van der Waals surface area contributed by atoms with Gasteiger partial charge in [0.05, 0.1) is 11.3 Å². The van der Waals surface area contributed by atoms with Crippen molar-refractivity contribution in [2.24, 2.45) is 5.73 Å². The van der Waals surface area contributed by atoms with Gasteiger partial charge in [0.15, 0.2) is 0 Å². The highest BCUT2D eigenvalue weighted by atomic mass is 35.5. The molecule has 2 aromatic rings. The number of nitrogens with two attached hydrogens (primary N) is 1. The number of halogens is 1. The minimum absolute atomic E-state index is 0. The van der Waals surface area contributed by atoms with E-state index in [-0.39, 0.29) is 18.3 Å². The molecule has 0 radical (unpaired) electrons. The van der Waals surface area contributed by atoms with E-state index in [9.17, 15) is 4.79 Å². The van der Waals surface area contributed by atoms with Gasteiger partial charge in [-0.1, -0.05) is 31.2 Å². The number of amides is 1. The first-order valence-corrected chi connectivity index (χ1v) is 8.73. The number of nitrogens with zero attached hydrogens (tertiary/aromatic N) is 1. The summed E-state index contributed by atoms with van der Waals surface area (Å²) in [7, 11) is 0. The summed E-state index contributed by atoms with van der Waals surface area (Å²) >= 11 is 0. The summed E-state index contributed by atoms with van der Waals surface area (Å²) in [6.07, 6.45) is 1.70. The van der Waals surface area contributed by atoms with Crippen LogP contribution < -0.4 is 16.0 Å². The molecule has 0 bridgehead atoms. The van der Waals surface area contributed by atoms with Gasteiger partial charge in [-0.15, -0.1) is 12.4 Å². The highest BCUT2D eigenvalue weighted by Gasteiger charge is 2.29. The number of hydrogen-bond acceptors (Lipinski definition) is 3. The maximum atomic E-state index is 12.3. The van der Waals surface area contributed by atoms with Gasteiger partial charge in [-0.25, -0.2) is 0 Å². The molecule has 1 heterocycles. The fourth-order valence-electron chi connectivity index (χ4n) is 4.10. The maximum absolute atomic E-state index is 12.3. The number of carbonyl (C=O) groups excluding carboxylic acids is 1. The molecule has 1 amide bonds. The Labute approximate surface area is 154 Å². The van der Waals surface area contributed by atoms with Crippen molar-refractivity contribution in [3.8, 4) is 11.1 Å². The number of carbonyl (C=O) groups is 1. The Kier molecular flexibility index (Phi) is 5.02. The van der Waals surface area contributed by atoms with Crippen LogP contribution in [0.4, 0.5) is 5.69 Å². The Morgan fingerprint density at radius 1 is 1.20 bits per heavy atom. The third-order valence-electron chi connectivity index (χ3n) is 5.22. The lowest BCUT2D eigenvalue weighted by Crippen LogP contribution is -2.44. The quantitative estimate of drug-likeness (QED) is 0.757. The Morgan fingerprint density at radius 2 is 1.92 bits per heavy atom. The van der Waals surface area contributed by atoms with Gasteiger partial charge in [0.25, 0.3) is 5.91 Å². The van der Waals surface area contributed by atoms with E-state index in [1.54, 1.807) is 0 Å². The van der Waals surface area contributed by atoms with E-state index in [0.29, 0.717) is 0 Å². The molecule has 0 spiro atoms. The summed E-state index contributed by atoms with van der Waals surface area (Å²) in [6, 6.07) is 10.7. The van der Waals surface area contributed by atoms with Crippen LogP contribution in [0.15, 0.2) is 30.3 Å². The van der Waals surface area contributed by atoms with Gasteiger partial charge in [0.1, 0.15) is 0 Å². The second-order valence-electron chi connectivity index (χ2n) is 6.57. The topological polar surface area (TPSA) is 58.4 Å². The van der Waals surface area contributed by atoms with Gasteiger partial charge in [0.2, 0.25) is 0 Å². The molecule has 0 atom stereocenters. The van der Waals surface area contributed by atoms with Crippen LogP contribution in [0.2, 0.25) is 0 Å². The van der Waals surface area contributed by atoms with E-state index in [1.165, 1.54) is 22.3 Å². The summed E-state index contributed by atoms with van der Waals surface area (Å²) in [6.45, 7) is 5.80. The van der Waals surface area contributed by atoms with Crippen molar-refractivity contribution >= 4 is 24.0 Å². The summed E-state index contributed by atoms with van der Waals surface area (Å²) < 4.78 is 0. The van der Waals surface area contributed by atoms with Gasteiger partial charge in [0, 0.05) is 32.6 Å². The van der Waals surface area contributed by atoms with Crippen molar-refractivity contribution in [1.82, 2.24) is 5.32 Å². The molecule has 5 heteroatoms. The first kappa shape index (κ1) is 17.8. The van der Waals surface area contributed by atoms with Crippen LogP contribution in [0.5, 0.6) is 0 Å². The second kappa shape index (κ2) is 7.06. The highest BCUT2D eigenvalue weighted by molar-refractivity contribution is 6.03. The SMILES string of the molecule is CCc1cc2c(c(N3CCNCC3)c1C(N)=O)Cc1ccccc1-2.Cl. The lowest BCUT2D eigenvalue weighted by Gasteiger charge is -2.33. The van der Waals surface area contributed by atoms with Crippen LogP contribution in [-0.2, 0) is 12.8 Å².